The molecule has 1 fully saturated rings. The van der Waals surface area contributed by atoms with Gasteiger partial charge in [0.1, 0.15) is 0 Å². The number of nitrogens with zero attached hydrogens (tertiary/aromatic N) is 1. The van der Waals surface area contributed by atoms with E-state index < -0.39 is 20.5 Å². The Bertz CT molecular complexity index is 1160. The fraction of sp³-hybridized carbons (Fsp3) is 0.391. The molecule has 1 amide bonds. The lowest BCUT2D eigenvalue weighted by Crippen LogP contribution is -2.49. The number of sulfone groups is 1. The maximum Gasteiger partial charge on any atom is 0.264 e. The highest BCUT2D eigenvalue weighted by molar-refractivity contribution is 7.92. The van der Waals surface area contributed by atoms with Gasteiger partial charge in [-0.15, -0.1) is 0 Å². The lowest BCUT2D eigenvalue weighted by molar-refractivity contribution is -0.131. The Morgan fingerprint density at radius 1 is 1.22 bits per heavy atom. The van der Waals surface area contributed by atoms with Gasteiger partial charge in [-0.25, -0.2) is 13.9 Å². The van der Waals surface area contributed by atoms with Crippen LogP contribution < -0.4 is 11.0 Å². The number of hydrogen-bond donors (Lipinski definition) is 3. The molecule has 0 spiro atoms. The Labute approximate surface area is 187 Å². The van der Waals surface area contributed by atoms with Crippen LogP contribution in [0.5, 0.6) is 0 Å². The smallest absolute Gasteiger partial charge is 0.264 e. The van der Waals surface area contributed by atoms with Gasteiger partial charge in [0.05, 0.1) is 6.10 Å². The van der Waals surface area contributed by atoms with E-state index in [0.29, 0.717) is 5.92 Å². The van der Waals surface area contributed by atoms with Crippen LogP contribution in [0, 0.1) is 5.92 Å². The van der Waals surface area contributed by atoms with Gasteiger partial charge < -0.3 is 9.67 Å². The monoisotopic (exact) mass is 460 g/mol. The molecule has 0 aliphatic heterocycles. The third kappa shape index (κ3) is 5.17. The first-order valence-corrected chi connectivity index (χ1v) is 12.2. The van der Waals surface area contributed by atoms with Crippen LogP contribution in [0.15, 0.2) is 53.5 Å². The average molecular weight is 461 g/mol. The van der Waals surface area contributed by atoms with Gasteiger partial charge in [0, 0.05) is 25.1 Å². The number of aliphatic hydroxyl groups is 1. The number of hydroxylamine groups is 1. The highest BCUT2D eigenvalue weighted by Crippen LogP contribution is 2.29. The van der Waals surface area contributed by atoms with E-state index in [9.17, 15) is 23.1 Å². The van der Waals surface area contributed by atoms with Gasteiger partial charge in [0.25, 0.3) is 11.5 Å². The molecule has 9 heteroatoms. The minimum Gasteiger partial charge on any atom is -0.393 e. The van der Waals surface area contributed by atoms with E-state index in [1.54, 1.807) is 12.3 Å². The van der Waals surface area contributed by atoms with Crippen LogP contribution in [0.4, 0.5) is 0 Å². The average Bonchev–Trinajstić information content (AvgIpc) is 2.73. The van der Waals surface area contributed by atoms with Crippen molar-refractivity contribution in [2.45, 2.75) is 43.6 Å². The number of allylic oxidation sites excluding steroid dienone is 1. The maximum absolute atomic E-state index is 12.6. The fourth-order valence-electron chi connectivity index (χ4n) is 3.61. The first-order chi connectivity index (χ1) is 15.0. The summed E-state index contributed by atoms with van der Waals surface area (Å²) in [6.07, 6.45) is 7.87. The first kappa shape index (κ1) is 23.9. The predicted molar refractivity (Wildman–Crippen MR) is 122 cm³/mol. The Kier molecular flexibility index (Phi) is 7.02. The molecule has 1 aliphatic rings. The van der Waals surface area contributed by atoms with E-state index in [0.717, 1.165) is 35.8 Å². The number of aromatic nitrogens is 1. The number of aryl methyl sites for hydroxylation is 1. The summed E-state index contributed by atoms with van der Waals surface area (Å²) in [5, 5.41) is 18.3. The Morgan fingerprint density at radius 3 is 2.41 bits per heavy atom. The number of amides is 1. The molecule has 1 unspecified atom stereocenters. The van der Waals surface area contributed by atoms with Gasteiger partial charge in [-0.1, -0.05) is 36.4 Å². The lowest BCUT2D eigenvalue weighted by atomic mass is 9.82. The van der Waals surface area contributed by atoms with Gasteiger partial charge in [0.15, 0.2) is 14.6 Å². The van der Waals surface area contributed by atoms with Crippen LogP contribution in [0.2, 0.25) is 0 Å². The zero-order valence-electron chi connectivity index (χ0n) is 18.1. The molecule has 3 N–H and O–H groups in total. The molecule has 2 aromatic rings. The molecule has 8 nitrogen and oxygen atoms in total. The van der Waals surface area contributed by atoms with Gasteiger partial charge in [-0.3, -0.25) is 14.8 Å². The molecule has 1 aliphatic carbocycles. The Balaban J connectivity index is 1.71. The summed E-state index contributed by atoms with van der Waals surface area (Å²) in [6, 6.07) is 11.0. The van der Waals surface area contributed by atoms with Crippen LogP contribution in [0.1, 0.15) is 31.7 Å². The molecular weight excluding hydrogens is 432 g/mol. The predicted octanol–water partition coefficient (Wildman–Crippen LogP) is 2.00. The fourth-order valence-corrected chi connectivity index (χ4v) is 4.46. The second kappa shape index (κ2) is 9.40. The molecule has 0 bridgehead atoms. The van der Waals surface area contributed by atoms with Crippen LogP contribution in [0.3, 0.4) is 0 Å². The van der Waals surface area contributed by atoms with Gasteiger partial charge >= 0.3 is 0 Å². The Hall–Kier alpha value is -2.75. The number of pyridine rings is 1. The SMILES string of the molecule is CC(CCn1ccc(-c2ccc(C=CC3CC(O)C3)cc2)cc1=O)(C(=O)NO)S(C)(=O)=O. The number of hydrogen-bond acceptors (Lipinski definition) is 6. The highest BCUT2D eigenvalue weighted by Gasteiger charge is 2.43. The number of benzene rings is 1. The zero-order valence-corrected chi connectivity index (χ0v) is 18.9. The largest absolute Gasteiger partial charge is 0.393 e. The van der Waals surface area contributed by atoms with Crippen molar-refractivity contribution in [3.05, 3.63) is 64.6 Å². The number of carbonyl (C=O) groups excluding carboxylic acids is 1. The van der Waals surface area contributed by atoms with E-state index in [2.05, 4.69) is 6.08 Å². The third-order valence-corrected chi connectivity index (χ3v) is 8.21. The molecule has 0 saturated heterocycles. The summed E-state index contributed by atoms with van der Waals surface area (Å²) in [7, 11) is -3.83. The zero-order chi connectivity index (χ0) is 23.5. The molecule has 1 heterocycles. The van der Waals surface area contributed by atoms with Crippen molar-refractivity contribution in [1.82, 2.24) is 10.0 Å². The number of aliphatic hydroxyl groups excluding tert-OH is 1. The topological polar surface area (TPSA) is 126 Å². The quantitative estimate of drug-likeness (QED) is 0.409. The van der Waals surface area contributed by atoms with Gasteiger partial charge in [-0.05, 0) is 54.9 Å². The number of rotatable bonds is 8. The van der Waals surface area contributed by atoms with E-state index in [-0.39, 0.29) is 24.6 Å². The highest BCUT2D eigenvalue weighted by atomic mass is 32.2. The van der Waals surface area contributed by atoms with E-state index in [1.807, 2.05) is 30.3 Å². The maximum atomic E-state index is 12.6. The molecule has 1 aromatic carbocycles. The molecule has 0 radical (unpaired) electrons. The molecule has 1 saturated carbocycles. The second-order valence-corrected chi connectivity index (χ2v) is 11.0. The summed E-state index contributed by atoms with van der Waals surface area (Å²) in [5.74, 6) is -0.613. The van der Waals surface area contributed by atoms with Crippen molar-refractivity contribution >= 4 is 21.8 Å². The summed E-state index contributed by atoms with van der Waals surface area (Å²) < 4.78 is 23.6. The van der Waals surface area contributed by atoms with Crippen molar-refractivity contribution in [1.29, 1.82) is 0 Å². The van der Waals surface area contributed by atoms with E-state index in [4.69, 9.17) is 5.21 Å². The summed E-state index contributed by atoms with van der Waals surface area (Å²) >= 11 is 0. The second-order valence-electron chi connectivity index (χ2n) is 8.51. The minimum absolute atomic E-state index is 0.00427. The number of nitrogens with one attached hydrogen (secondary N) is 1. The lowest BCUT2D eigenvalue weighted by Gasteiger charge is -2.28. The summed E-state index contributed by atoms with van der Waals surface area (Å²) in [4.78, 5) is 24.5. The van der Waals surface area contributed by atoms with Crippen molar-refractivity contribution in [2.75, 3.05) is 6.26 Å². The Morgan fingerprint density at radius 2 is 1.88 bits per heavy atom. The van der Waals surface area contributed by atoms with E-state index >= 15 is 0 Å². The molecule has 32 heavy (non-hydrogen) atoms. The minimum atomic E-state index is -3.83. The molecular formula is C23H28N2O6S. The van der Waals surface area contributed by atoms with Gasteiger partial charge in [-0.2, -0.15) is 0 Å². The van der Waals surface area contributed by atoms with Crippen LogP contribution in [0.25, 0.3) is 17.2 Å². The van der Waals surface area contributed by atoms with Crippen molar-refractivity contribution in [3.8, 4) is 11.1 Å². The van der Waals surface area contributed by atoms with Crippen molar-refractivity contribution < 1.29 is 23.5 Å². The third-order valence-electron chi connectivity index (χ3n) is 6.18. The summed E-state index contributed by atoms with van der Waals surface area (Å²) in [6.45, 7) is 1.21. The standard InChI is InChI=1S/C23H28N2O6S/c1-23(22(28)24-29,32(2,30)31)10-12-25-11-9-19(15-21(25)27)18-7-5-16(6-8-18)3-4-17-13-20(26)14-17/h3-9,11,15,17,20,26,29H,10,12-14H2,1-2H3,(H,24,28). The molecule has 172 valence electrons. The first-order valence-electron chi connectivity index (χ1n) is 10.3. The molecule has 3 rings (SSSR count). The van der Waals surface area contributed by atoms with E-state index in [1.165, 1.54) is 23.0 Å². The van der Waals surface area contributed by atoms with Crippen molar-refractivity contribution in [3.63, 3.8) is 0 Å². The van der Waals surface area contributed by atoms with Gasteiger partial charge in [0.2, 0.25) is 0 Å². The van der Waals surface area contributed by atoms with Crippen LogP contribution in [-0.2, 0) is 21.2 Å². The van der Waals surface area contributed by atoms with Crippen LogP contribution >= 0.6 is 0 Å². The normalized spacial score (nSPS) is 20.5. The summed E-state index contributed by atoms with van der Waals surface area (Å²) in [5.41, 5.74) is 3.70. The molecule has 1 aromatic heterocycles. The molecule has 1 atom stereocenters. The van der Waals surface area contributed by atoms with Crippen molar-refractivity contribution in [2.24, 2.45) is 5.92 Å². The van der Waals surface area contributed by atoms with Crippen LogP contribution in [-0.4, -0.2) is 46.3 Å². The number of carbonyl (C=O) groups is 1.